The predicted molar refractivity (Wildman–Crippen MR) is 80.9 cm³/mol. The summed E-state index contributed by atoms with van der Waals surface area (Å²) in [6, 6.07) is 8.79. The van der Waals surface area contributed by atoms with Gasteiger partial charge in [-0.1, -0.05) is 23.7 Å². The third kappa shape index (κ3) is 2.46. The molecule has 0 bridgehead atoms. The highest BCUT2D eigenvalue weighted by atomic mass is 35.5. The number of fused-ring (bicyclic) bond motifs is 1. The third-order valence-corrected chi connectivity index (χ3v) is 3.94. The molecule has 2 aromatic carbocycles. The minimum atomic E-state index is -0.205. The van der Waals surface area contributed by atoms with Crippen molar-refractivity contribution in [1.82, 2.24) is 8.75 Å². The number of aryl methyl sites for hydroxylation is 1. The molecule has 0 aliphatic heterocycles. The summed E-state index contributed by atoms with van der Waals surface area (Å²) in [5, 5.41) is 3.79. The number of nitrogens with one attached hydrogen (secondary N) is 1. The van der Waals surface area contributed by atoms with Crippen LogP contribution in [0.25, 0.3) is 11.0 Å². The number of aromatic nitrogens is 2. The molecule has 1 aromatic heterocycles. The van der Waals surface area contributed by atoms with Gasteiger partial charge < -0.3 is 5.32 Å². The first-order valence-corrected chi connectivity index (χ1v) is 7.15. The average molecular weight is 308 g/mol. The number of hydrogen-bond donors (Lipinski definition) is 1. The minimum absolute atomic E-state index is 0.205. The Hall–Kier alpha value is -1.72. The molecule has 0 spiro atoms. The topological polar surface area (TPSA) is 37.8 Å². The molecule has 0 amide bonds. The van der Waals surface area contributed by atoms with Crippen molar-refractivity contribution in [2.24, 2.45) is 0 Å². The molecule has 0 saturated carbocycles. The molecule has 3 nitrogen and oxygen atoms in total. The zero-order valence-corrected chi connectivity index (χ0v) is 12.2. The summed E-state index contributed by atoms with van der Waals surface area (Å²) in [7, 11) is 0. The van der Waals surface area contributed by atoms with Gasteiger partial charge in [0.25, 0.3) is 0 Å². The summed E-state index contributed by atoms with van der Waals surface area (Å²) >= 11 is 7.33. The SMILES string of the molecule is Cc1ccc(CNc2c(Cl)ccc3nsnc23)cc1F. The number of hydrogen-bond acceptors (Lipinski definition) is 4. The van der Waals surface area contributed by atoms with E-state index < -0.39 is 0 Å². The molecule has 1 heterocycles. The summed E-state index contributed by atoms with van der Waals surface area (Å²) in [6.07, 6.45) is 0. The first kappa shape index (κ1) is 13.3. The molecule has 0 saturated heterocycles. The molecule has 1 N–H and O–H groups in total. The molecule has 0 fully saturated rings. The van der Waals surface area contributed by atoms with Crippen LogP contribution in [0.2, 0.25) is 5.02 Å². The highest BCUT2D eigenvalue weighted by Gasteiger charge is 2.09. The molecule has 0 atom stereocenters. The van der Waals surface area contributed by atoms with Gasteiger partial charge >= 0.3 is 0 Å². The highest BCUT2D eigenvalue weighted by Crippen LogP contribution is 2.30. The Labute approximate surface area is 124 Å². The molecule has 0 aliphatic rings. The van der Waals surface area contributed by atoms with E-state index in [0.29, 0.717) is 17.1 Å². The second-order valence-corrected chi connectivity index (χ2v) is 5.43. The Balaban J connectivity index is 1.88. The van der Waals surface area contributed by atoms with Crippen LogP contribution in [0.3, 0.4) is 0 Å². The third-order valence-electron chi connectivity index (χ3n) is 3.08. The van der Waals surface area contributed by atoms with Gasteiger partial charge in [0, 0.05) is 6.54 Å². The van der Waals surface area contributed by atoms with Crippen molar-refractivity contribution in [3.63, 3.8) is 0 Å². The largest absolute Gasteiger partial charge is 0.378 e. The highest BCUT2D eigenvalue weighted by molar-refractivity contribution is 7.00. The Bertz CT molecular complexity index is 772. The molecule has 3 rings (SSSR count). The summed E-state index contributed by atoms with van der Waals surface area (Å²) in [6.45, 7) is 2.22. The second-order valence-electron chi connectivity index (χ2n) is 4.49. The van der Waals surface area contributed by atoms with E-state index in [1.54, 1.807) is 19.1 Å². The van der Waals surface area contributed by atoms with Gasteiger partial charge in [-0.05, 0) is 36.2 Å². The monoisotopic (exact) mass is 307 g/mol. The van der Waals surface area contributed by atoms with E-state index in [9.17, 15) is 4.39 Å². The molecule has 102 valence electrons. The Kier molecular flexibility index (Phi) is 3.54. The standard InChI is InChI=1S/C14H11ClFN3S/c1-8-2-3-9(6-11(8)16)7-17-13-10(15)4-5-12-14(13)19-20-18-12/h2-6,17H,7H2,1H3. The van der Waals surface area contributed by atoms with E-state index in [-0.39, 0.29) is 5.82 Å². The fourth-order valence-corrected chi connectivity index (χ4v) is 2.69. The smallest absolute Gasteiger partial charge is 0.129 e. The Morgan fingerprint density at radius 3 is 2.90 bits per heavy atom. The number of nitrogens with zero attached hydrogens (tertiary/aromatic N) is 2. The first-order chi connectivity index (χ1) is 9.65. The van der Waals surface area contributed by atoms with Gasteiger partial charge in [0.2, 0.25) is 0 Å². The lowest BCUT2D eigenvalue weighted by atomic mass is 10.1. The number of benzene rings is 2. The van der Waals surface area contributed by atoms with Crippen LogP contribution in [0.15, 0.2) is 30.3 Å². The summed E-state index contributed by atoms with van der Waals surface area (Å²) in [5.41, 5.74) is 3.77. The van der Waals surface area contributed by atoms with Gasteiger partial charge in [-0.3, -0.25) is 0 Å². The lowest BCUT2D eigenvalue weighted by Crippen LogP contribution is -2.01. The molecule has 20 heavy (non-hydrogen) atoms. The van der Waals surface area contributed by atoms with Crippen molar-refractivity contribution in [3.8, 4) is 0 Å². The van der Waals surface area contributed by atoms with Crippen molar-refractivity contribution in [3.05, 3.63) is 52.3 Å². The molecular formula is C14H11ClFN3S. The van der Waals surface area contributed by atoms with E-state index in [0.717, 1.165) is 34.0 Å². The van der Waals surface area contributed by atoms with Gasteiger partial charge in [0.15, 0.2) is 0 Å². The van der Waals surface area contributed by atoms with Crippen LogP contribution in [-0.2, 0) is 6.54 Å². The van der Waals surface area contributed by atoms with Crippen LogP contribution in [0, 0.1) is 12.7 Å². The lowest BCUT2D eigenvalue weighted by Gasteiger charge is -2.09. The fraction of sp³-hybridized carbons (Fsp3) is 0.143. The van der Waals surface area contributed by atoms with Crippen molar-refractivity contribution in [2.75, 3.05) is 5.32 Å². The van der Waals surface area contributed by atoms with Gasteiger partial charge in [-0.25, -0.2) is 4.39 Å². The van der Waals surface area contributed by atoms with Crippen LogP contribution in [0.1, 0.15) is 11.1 Å². The van der Waals surface area contributed by atoms with Crippen LogP contribution in [0.5, 0.6) is 0 Å². The number of rotatable bonds is 3. The molecular weight excluding hydrogens is 297 g/mol. The van der Waals surface area contributed by atoms with E-state index in [1.165, 1.54) is 6.07 Å². The van der Waals surface area contributed by atoms with E-state index >= 15 is 0 Å². The predicted octanol–water partition coefficient (Wildman–Crippen LogP) is 4.40. The normalized spacial score (nSPS) is 10.9. The van der Waals surface area contributed by atoms with Gasteiger partial charge in [-0.15, -0.1) is 0 Å². The molecule has 0 radical (unpaired) electrons. The molecule has 0 aliphatic carbocycles. The maximum absolute atomic E-state index is 13.5. The van der Waals surface area contributed by atoms with Crippen molar-refractivity contribution < 1.29 is 4.39 Å². The van der Waals surface area contributed by atoms with Gasteiger partial charge in [0.1, 0.15) is 16.9 Å². The maximum atomic E-state index is 13.5. The summed E-state index contributed by atoms with van der Waals surface area (Å²) in [5.74, 6) is -0.205. The Morgan fingerprint density at radius 1 is 1.25 bits per heavy atom. The van der Waals surface area contributed by atoms with E-state index in [2.05, 4.69) is 14.1 Å². The van der Waals surface area contributed by atoms with Crippen molar-refractivity contribution in [2.45, 2.75) is 13.5 Å². The molecule has 0 unspecified atom stereocenters. The maximum Gasteiger partial charge on any atom is 0.129 e. The zero-order valence-electron chi connectivity index (χ0n) is 10.7. The number of anilines is 1. The summed E-state index contributed by atoms with van der Waals surface area (Å²) < 4.78 is 21.9. The van der Waals surface area contributed by atoms with Crippen LogP contribution >= 0.6 is 23.3 Å². The Morgan fingerprint density at radius 2 is 2.10 bits per heavy atom. The number of halogens is 2. The quantitative estimate of drug-likeness (QED) is 0.779. The van der Waals surface area contributed by atoms with Crippen molar-refractivity contribution >= 4 is 40.0 Å². The lowest BCUT2D eigenvalue weighted by molar-refractivity contribution is 0.616. The van der Waals surface area contributed by atoms with Crippen LogP contribution in [0.4, 0.5) is 10.1 Å². The molecule has 6 heteroatoms. The first-order valence-electron chi connectivity index (χ1n) is 6.05. The van der Waals surface area contributed by atoms with Gasteiger partial charge in [0.05, 0.1) is 22.4 Å². The van der Waals surface area contributed by atoms with Crippen molar-refractivity contribution in [1.29, 1.82) is 0 Å². The van der Waals surface area contributed by atoms with E-state index in [1.807, 2.05) is 12.1 Å². The van der Waals surface area contributed by atoms with Crippen LogP contribution < -0.4 is 5.32 Å². The minimum Gasteiger partial charge on any atom is -0.378 e. The average Bonchev–Trinajstić information content (AvgIpc) is 2.90. The van der Waals surface area contributed by atoms with E-state index in [4.69, 9.17) is 11.6 Å². The fourth-order valence-electron chi connectivity index (χ4n) is 1.93. The second kappa shape index (κ2) is 5.34. The molecule has 3 aromatic rings. The zero-order chi connectivity index (χ0) is 14.1. The van der Waals surface area contributed by atoms with Crippen LogP contribution in [-0.4, -0.2) is 8.75 Å². The summed E-state index contributed by atoms with van der Waals surface area (Å²) in [4.78, 5) is 0. The van der Waals surface area contributed by atoms with Gasteiger partial charge in [-0.2, -0.15) is 8.75 Å².